The molecule has 2 heteroatoms. The number of rotatable bonds is 3. The Kier molecular flexibility index (Phi) is 3.64. The number of hydrogen-bond acceptors (Lipinski definition) is 1. The van der Waals surface area contributed by atoms with Crippen LogP contribution in [0.25, 0.3) is 0 Å². The predicted octanol–water partition coefficient (Wildman–Crippen LogP) is 4.11. The summed E-state index contributed by atoms with van der Waals surface area (Å²) in [4.78, 5) is 0. The molecule has 2 fully saturated rings. The molecule has 1 aliphatic heterocycles. The molecule has 1 nitrogen and oxygen atoms in total. The molecular formula is C16H22FN. The third kappa shape index (κ3) is 2.44. The summed E-state index contributed by atoms with van der Waals surface area (Å²) < 4.78 is 14.5. The lowest BCUT2D eigenvalue weighted by molar-refractivity contribution is 0.221. The van der Waals surface area contributed by atoms with Gasteiger partial charge in [-0.05, 0) is 49.3 Å². The third-order valence-electron chi connectivity index (χ3n) is 4.51. The van der Waals surface area contributed by atoms with Crippen molar-refractivity contribution >= 4 is 0 Å². The molecule has 1 aromatic rings. The molecule has 0 bridgehead atoms. The molecule has 1 saturated heterocycles. The van der Waals surface area contributed by atoms with Crippen LogP contribution in [0.5, 0.6) is 0 Å². The van der Waals surface area contributed by atoms with Crippen molar-refractivity contribution in [2.24, 2.45) is 0 Å². The highest BCUT2D eigenvalue weighted by Crippen LogP contribution is 2.37. The van der Waals surface area contributed by atoms with E-state index in [1.165, 1.54) is 31.2 Å². The molecule has 18 heavy (non-hydrogen) atoms. The zero-order chi connectivity index (χ0) is 12.4. The minimum Gasteiger partial charge on any atom is -0.311 e. The third-order valence-corrected chi connectivity index (χ3v) is 4.51. The maximum absolute atomic E-state index is 14.5. The normalized spacial score (nSPS) is 26.6. The molecule has 0 aromatic heterocycles. The summed E-state index contributed by atoms with van der Waals surface area (Å²) in [6, 6.07) is 8.26. The standard InChI is InChI=1S/C16H22FN/c17-16(15-9-1-2-10-18-15)14-8-4-7-13(11-14)12-5-3-6-12/h4,7-8,11-12,15-16,18H,1-3,5-6,9-10H2. The molecule has 2 aliphatic rings. The fourth-order valence-corrected chi connectivity index (χ4v) is 3.09. The van der Waals surface area contributed by atoms with Crippen LogP contribution in [0.4, 0.5) is 4.39 Å². The lowest BCUT2D eigenvalue weighted by Gasteiger charge is -2.29. The molecule has 3 rings (SSSR count). The second kappa shape index (κ2) is 5.40. The number of halogens is 1. The van der Waals surface area contributed by atoms with Gasteiger partial charge < -0.3 is 5.32 Å². The van der Waals surface area contributed by atoms with Crippen LogP contribution in [0.15, 0.2) is 24.3 Å². The van der Waals surface area contributed by atoms with Gasteiger partial charge in [-0.1, -0.05) is 37.1 Å². The molecule has 0 spiro atoms. The number of hydrogen-bond donors (Lipinski definition) is 1. The van der Waals surface area contributed by atoms with E-state index in [1.54, 1.807) is 0 Å². The SMILES string of the molecule is FC(c1cccc(C2CCC2)c1)C1CCCCN1. The van der Waals surface area contributed by atoms with Gasteiger partial charge in [0.15, 0.2) is 0 Å². The number of nitrogens with one attached hydrogen (secondary N) is 1. The van der Waals surface area contributed by atoms with Gasteiger partial charge in [-0.2, -0.15) is 0 Å². The average molecular weight is 247 g/mol. The Balaban J connectivity index is 1.73. The molecule has 1 heterocycles. The Hall–Kier alpha value is -0.890. The lowest BCUT2D eigenvalue weighted by Crippen LogP contribution is -2.37. The van der Waals surface area contributed by atoms with E-state index in [2.05, 4.69) is 17.4 Å². The van der Waals surface area contributed by atoms with Gasteiger partial charge in [0.2, 0.25) is 0 Å². The minimum atomic E-state index is -0.842. The van der Waals surface area contributed by atoms with Gasteiger partial charge in [0.05, 0.1) is 0 Å². The molecule has 0 amide bonds. The highest BCUT2D eigenvalue weighted by Gasteiger charge is 2.26. The maximum atomic E-state index is 14.5. The zero-order valence-corrected chi connectivity index (χ0v) is 10.9. The van der Waals surface area contributed by atoms with Gasteiger partial charge in [-0.15, -0.1) is 0 Å². The Morgan fingerprint density at radius 1 is 1.11 bits per heavy atom. The zero-order valence-electron chi connectivity index (χ0n) is 10.9. The van der Waals surface area contributed by atoms with Crippen molar-refractivity contribution in [1.82, 2.24) is 5.32 Å². The predicted molar refractivity (Wildman–Crippen MR) is 72.5 cm³/mol. The summed E-state index contributed by atoms with van der Waals surface area (Å²) in [5, 5.41) is 3.32. The Labute approximate surface area is 109 Å². The van der Waals surface area contributed by atoms with Crippen LogP contribution in [0.1, 0.15) is 61.7 Å². The summed E-state index contributed by atoms with van der Waals surface area (Å²) in [6.07, 6.45) is 6.35. The maximum Gasteiger partial charge on any atom is 0.140 e. The minimum absolute atomic E-state index is 0.0235. The van der Waals surface area contributed by atoms with Crippen LogP contribution in [0.2, 0.25) is 0 Å². The van der Waals surface area contributed by atoms with E-state index in [9.17, 15) is 4.39 Å². The van der Waals surface area contributed by atoms with Crippen LogP contribution in [-0.2, 0) is 0 Å². The van der Waals surface area contributed by atoms with Crippen molar-refractivity contribution in [2.45, 2.75) is 56.7 Å². The van der Waals surface area contributed by atoms with Gasteiger partial charge in [-0.25, -0.2) is 4.39 Å². The van der Waals surface area contributed by atoms with Crippen molar-refractivity contribution in [2.75, 3.05) is 6.54 Å². The Morgan fingerprint density at radius 3 is 2.67 bits per heavy atom. The van der Waals surface area contributed by atoms with E-state index in [1.807, 2.05) is 12.1 Å². The summed E-state index contributed by atoms with van der Waals surface area (Å²) in [7, 11) is 0. The van der Waals surface area contributed by atoms with Gasteiger partial charge >= 0.3 is 0 Å². The van der Waals surface area contributed by atoms with Crippen LogP contribution in [-0.4, -0.2) is 12.6 Å². The van der Waals surface area contributed by atoms with Crippen molar-refractivity contribution in [1.29, 1.82) is 0 Å². The van der Waals surface area contributed by atoms with Crippen LogP contribution >= 0.6 is 0 Å². The number of piperidine rings is 1. The quantitative estimate of drug-likeness (QED) is 0.847. The smallest absolute Gasteiger partial charge is 0.140 e. The highest BCUT2D eigenvalue weighted by molar-refractivity contribution is 5.29. The van der Waals surface area contributed by atoms with Crippen molar-refractivity contribution < 1.29 is 4.39 Å². The molecule has 1 aromatic carbocycles. The van der Waals surface area contributed by atoms with Gasteiger partial charge in [0, 0.05) is 6.04 Å². The Morgan fingerprint density at radius 2 is 2.00 bits per heavy atom. The molecule has 2 atom stereocenters. The van der Waals surface area contributed by atoms with Gasteiger partial charge in [0.1, 0.15) is 6.17 Å². The summed E-state index contributed by atoms with van der Waals surface area (Å²) in [5.74, 6) is 0.691. The number of alkyl halides is 1. The topological polar surface area (TPSA) is 12.0 Å². The second-order valence-electron chi connectivity index (χ2n) is 5.76. The van der Waals surface area contributed by atoms with Gasteiger partial charge in [-0.3, -0.25) is 0 Å². The van der Waals surface area contributed by atoms with Crippen molar-refractivity contribution in [3.05, 3.63) is 35.4 Å². The van der Waals surface area contributed by atoms with Crippen molar-refractivity contribution in [3.8, 4) is 0 Å². The average Bonchev–Trinajstić information content (AvgIpc) is 2.37. The first-order chi connectivity index (χ1) is 8.84. The monoisotopic (exact) mass is 247 g/mol. The fourth-order valence-electron chi connectivity index (χ4n) is 3.09. The summed E-state index contributed by atoms with van der Waals surface area (Å²) in [6.45, 7) is 0.966. The van der Waals surface area contributed by atoms with Crippen LogP contribution in [0.3, 0.4) is 0 Å². The highest BCUT2D eigenvalue weighted by atomic mass is 19.1. The van der Waals surface area contributed by atoms with Crippen LogP contribution < -0.4 is 5.32 Å². The molecular weight excluding hydrogens is 225 g/mol. The lowest BCUT2D eigenvalue weighted by atomic mass is 9.79. The van der Waals surface area contributed by atoms with E-state index in [0.717, 1.165) is 24.9 Å². The van der Waals surface area contributed by atoms with E-state index < -0.39 is 6.17 Å². The second-order valence-corrected chi connectivity index (χ2v) is 5.76. The van der Waals surface area contributed by atoms with E-state index in [0.29, 0.717) is 5.92 Å². The van der Waals surface area contributed by atoms with E-state index in [-0.39, 0.29) is 6.04 Å². The molecule has 1 saturated carbocycles. The van der Waals surface area contributed by atoms with Gasteiger partial charge in [0.25, 0.3) is 0 Å². The molecule has 2 unspecified atom stereocenters. The number of benzene rings is 1. The fraction of sp³-hybridized carbons (Fsp3) is 0.625. The first-order valence-electron chi connectivity index (χ1n) is 7.32. The first kappa shape index (κ1) is 12.2. The van der Waals surface area contributed by atoms with Crippen LogP contribution in [0, 0.1) is 0 Å². The first-order valence-corrected chi connectivity index (χ1v) is 7.32. The molecule has 1 aliphatic carbocycles. The molecule has 1 N–H and O–H groups in total. The summed E-state index contributed by atoms with van der Waals surface area (Å²) >= 11 is 0. The molecule has 98 valence electrons. The molecule has 0 radical (unpaired) electrons. The largest absolute Gasteiger partial charge is 0.311 e. The summed E-state index contributed by atoms with van der Waals surface area (Å²) in [5.41, 5.74) is 2.22. The van der Waals surface area contributed by atoms with E-state index in [4.69, 9.17) is 0 Å². The van der Waals surface area contributed by atoms with Crippen molar-refractivity contribution in [3.63, 3.8) is 0 Å². The Bertz CT molecular complexity index is 394. The van der Waals surface area contributed by atoms with E-state index >= 15 is 0 Å².